The lowest BCUT2D eigenvalue weighted by Crippen LogP contribution is -2.15. The van der Waals surface area contributed by atoms with Gasteiger partial charge in [0.25, 0.3) is 0 Å². The number of rotatable bonds is 8. The molecule has 0 radical (unpaired) electrons. The average molecular weight is 264 g/mol. The van der Waals surface area contributed by atoms with Crippen LogP contribution in [-0.4, -0.2) is 19.3 Å². The van der Waals surface area contributed by atoms with Crippen molar-refractivity contribution < 1.29 is 9.13 Å². The molecule has 0 amide bonds. The topological polar surface area (TPSA) is 45.0 Å². The normalized spacial score (nSPS) is 10.7. The lowest BCUT2D eigenvalue weighted by atomic mass is 10.1. The molecule has 1 rings (SSSR count). The van der Waals surface area contributed by atoms with Gasteiger partial charge in [-0.15, -0.1) is 0 Å². The van der Waals surface area contributed by atoms with Gasteiger partial charge in [0.2, 0.25) is 0 Å². The summed E-state index contributed by atoms with van der Waals surface area (Å²) in [5, 5.41) is 12.0. The lowest BCUT2D eigenvalue weighted by Gasteiger charge is -2.08. The Bertz CT molecular complexity index is 427. The van der Waals surface area contributed by atoms with Crippen molar-refractivity contribution in [2.24, 2.45) is 0 Å². The molecule has 0 fully saturated rings. The average Bonchev–Trinajstić information content (AvgIpc) is 2.39. The van der Waals surface area contributed by atoms with Gasteiger partial charge in [0, 0.05) is 13.2 Å². The molecular formula is C15H21FN2O. The van der Waals surface area contributed by atoms with Crippen LogP contribution in [0.5, 0.6) is 0 Å². The van der Waals surface area contributed by atoms with E-state index < -0.39 is 5.82 Å². The highest BCUT2D eigenvalue weighted by atomic mass is 19.1. The maximum Gasteiger partial charge on any atom is 0.140 e. The Labute approximate surface area is 114 Å². The molecule has 104 valence electrons. The van der Waals surface area contributed by atoms with Crippen molar-refractivity contribution in [2.75, 3.05) is 13.2 Å². The molecule has 0 saturated carbocycles. The van der Waals surface area contributed by atoms with Crippen LogP contribution >= 0.6 is 0 Å². The molecule has 0 spiro atoms. The minimum atomic E-state index is -0.461. The zero-order chi connectivity index (χ0) is 14.1. The Hall–Kier alpha value is -1.44. The molecule has 1 aromatic rings. The maximum atomic E-state index is 13.1. The largest absolute Gasteiger partial charge is 0.379 e. The van der Waals surface area contributed by atoms with Gasteiger partial charge in [0.1, 0.15) is 11.9 Å². The molecular weight excluding hydrogens is 243 g/mol. The van der Waals surface area contributed by atoms with E-state index in [1.807, 2.05) is 19.9 Å². The molecule has 0 unspecified atom stereocenters. The first-order valence-corrected chi connectivity index (χ1v) is 6.64. The molecule has 0 heterocycles. The Morgan fingerprint density at radius 3 is 2.84 bits per heavy atom. The molecule has 1 aromatic carbocycles. The van der Waals surface area contributed by atoms with Crippen molar-refractivity contribution in [1.82, 2.24) is 5.32 Å². The van der Waals surface area contributed by atoms with Gasteiger partial charge in [-0.3, -0.25) is 0 Å². The Morgan fingerprint density at radius 2 is 2.16 bits per heavy atom. The minimum Gasteiger partial charge on any atom is -0.379 e. The van der Waals surface area contributed by atoms with E-state index in [1.165, 1.54) is 6.07 Å². The zero-order valence-corrected chi connectivity index (χ0v) is 11.6. The van der Waals surface area contributed by atoms with Crippen LogP contribution in [0.15, 0.2) is 18.2 Å². The fourth-order valence-corrected chi connectivity index (χ4v) is 1.67. The van der Waals surface area contributed by atoms with Gasteiger partial charge < -0.3 is 10.1 Å². The first kappa shape index (κ1) is 15.6. The van der Waals surface area contributed by atoms with Gasteiger partial charge in [-0.25, -0.2) is 4.39 Å². The number of ether oxygens (including phenoxy) is 1. The fraction of sp³-hybridized carbons (Fsp3) is 0.533. The molecule has 0 aliphatic heterocycles. The number of hydrogen-bond donors (Lipinski definition) is 1. The minimum absolute atomic E-state index is 0.102. The first-order valence-electron chi connectivity index (χ1n) is 6.64. The molecule has 0 bridgehead atoms. The Balaban J connectivity index is 2.18. The van der Waals surface area contributed by atoms with Crippen LogP contribution in [-0.2, 0) is 11.3 Å². The highest BCUT2D eigenvalue weighted by molar-refractivity contribution is 5.34. The second kappa shape index (κ2) is 8.63. The van der Waals surface area contributed by atoms with E-state index >= 15 is 0 Å². The molecule has 0 aliphatic rings. The van der Waals surface area contributed by atoms with Gasteiger partial charge in [0.05, 0.1) is 11.7 Å². The van der Waals surface area contributed by atoms with Crippen LogP contribution in [0.2, 0.25) is 0 Å². The number of nitriles is 1. The smallest absolute Gasteiger partial charge is 0.140 e. The van der Waals surface area contributed by atoms with Crippen LogP contribution in [0, 0.1) is 17.1 Å². The molecule has 3 nitrogen and oxygen atoms in total. The summed E-state index contributed by atoms with van der Waals surface area (Å²) in [5.74, 6) is -0.461. The molecule has 0 saturated heterocycles. The fourth-order valence-electron chi connectivity index (χ4n) is 1.67. The van der Waals surface area contributed by atoms with E-state index in [9.17, 15) is 4.39 Å². The van der Waals surface area contributed by atoms with Crippen molar-refractivity contribution >= 4 is 0 Å². The van der Waals surface area contributed by atoms with E-state index in [4.69, 9.17) is 10.00 Å². The van der Waals surface area contributed by atoms with Crippen LogP contribution < -0.4 is 5.32 Å². The number of nitrogens with one attached hydrogen (secondary N) is 1. The van der Waals surface area contributed by atoms with Crippen molar-refractivity contribution in [3.63, 3.8) is 0 Å². The molecule has 0 aliphatic carbocycles. The zero-order valence-electron chi connectivity index (χ0n) is 11.6. The third kappa shape index (κ3) is 6.32. The van der Waals surface area contributed by atoms with E-state index in [0.717, 1.165) is 31.6 Å². The van der Waals surface area contributed by atoms with Crippen LogP contribution in [0.3, 0.4) is 0 Å². The third-order valence-corrected chi connectivity index (χ3v) is 2.68. The summed E-state index contributed by atoms with van der Waals surface area (Å²) in [6, 6.07) is 6.47. The molecule has 1 N–H and O–H groups in total. The number of halogens is 1. The summed E-state index contributed by atoms with van der Waals surface area (Å²) < 4.78 is 18.6. The van der Waals surface area contributed by atoms with E-state index in [1.54, 1.807) is 12.1 Å². The van der Waals surface area contributed by atoms with E-state index in [-0.39, 0.29) is 11.7 Å². The molecule has 19 heavy (non-hydrogen) atoms. The van der Waals surface area contributed by atoms with Crippen molar-refractivity contribution in [3.8, 4) is 6.07 Å². The van der Waals surface area contributed by atoms with E-state index in [2.05, 4.69) is 5.32 Å². The number of unbranched alkanes of at least 4 members (excludes halogenated alkanes) is 1. The standard InChI is InChI=1S/C15H21FN2O/c1-12(2)19-8-4-3-7-18-11-13-5-6-15(16)14(9-13)10-17/h5-6,9,12,18H,3-4,7-8,11H2,1-2H3. The Kier molecular flexibility index (Phi) is 7.09. The predicted octanol–water partition coefficient (Wildman–Crippen LogP) is 2.99. The maximum absolute atomic E-state index is 13.1. The molecule has 0 aromatic heterocycles. The molecule has 4 heteroatoms. The van der Waals surface area contributed by atoms with Gasteiger partial charge in [-0.1, -0.05) is 6.07 Å². The predicted molar refractivity (Wildman–Crippen MR) is 73.1 cm³/mol. The third-order valence-electron chi connectivity index (χ3n) is 2.68. The summed E-state index contributed by atoms with van der Waals surface area (Å²) in [4.78, 5) is 0. The van der Waals surface area contributed by atoms with Crippen LogP contribution in [0.1, 0.15) is 37.8 Å². The van der Waals surface area contributed by atoms with Gasteiger partial charge in [-0.05, 0) is 50.9 Å². The van der Waals surface area contributed by atoms with E-state index in [0.29, 0.717) is 6.54 Å². The van der Waals surface area contributed by atoms with Crippen molar-refractivity contribution in [1.29, 1.82) is 5.26 Å². The van der Waals surface area contributed by atoms with Crippen molar-refractivity contribution in [2.45, 2.75) is 39.3 Å². The number of hydrogen-bond acceptors (Lipinski definition) is 3. The van der Waals surface area contributed by atoms with Crippen LogP contribution in [0.25, 0.3) is 0 Å². The summed E-state index contributed by atoms with van der Waals surface area (Å²) in [6.07, 6.45) is 2.36. The first-order chi connectivity index (χ1) is 9.13. The summed E-state index contributed by atoms with van der Waals surface area (Å²) in [7, 11) is 0. The van der Waals surface area contributed by atoms with Gasteiger partial charge in [0.15, 0.2) is 0 Å². The highest BCUT2D eigenvalue weighted by Crippen LogP contribution is 2.09. The van der Waals surface area contributed by atoms with Crippen molar-refractivity contribution in [3.05, 3.63) is 35.1 Å². The second-order valence-electron chi connectivity index (χ2n) is 4.73. The quantitative estimate of drug-likeness (QED) is 0.734. The SMILES string of the molecule is CC(C)OCCCCNCc1ccc(F)c(C#N)c1. The second-order valence-corrected chi connectivity index (χ2v) is 4.73. The monoisotopic (exact) mass is 264 g/mol. The number of benzene rings is 1. The lowest BCUT2D eigenvalue weighted by molar-refractivity contribution is 0.0760. The summed E-state index contributed by atoms with van der Waals surface area (Å²) >= 11 is 0. The number of nitrogens with zero attached hydrogens (tertiary/aromatic N) is 1. The molecule has 0 atom stereocenters. The highest BCUT2D eigenvalue weighted by Gasteiger charge is 2.02. The Morgan fingerprint density at radius 1 is 1.37 bits per heavy atom. The van der Waals surface area contributed by atoms with Gasteiger partial charge >= 0.3 is 0 Å². The van der Waals surface area contributed by atoms with Gasteiger partial charge in [-0.2, -0.15) is 5.26 Å². The summed E-state index contributed by atoms with van der Waals surface area (Å²) in [6.45, 7) is 6.38. The summed E-state index contributed by atoms with van der Waals surface area (Å²) in [5.41, 5.74) is 1.03. The van der Waals surface area contributed by atoms with Crippen LogP contribution in [0.4, 0.5) is 4.39 Å².